The van der Waals surface area contributed by atoms with Gasteiger partial charge in [-0.05, 0) is 174 Å². The van der Waals surface area contributed by atoms with E-state index >= 15 is 0 Å². The van der Waals surface area contributed by atoms with Gasteiger partial charge in [0, 0.05) is 64.5 Å². The van der Waals surface area contributed by atoms with Crippen molar-refractivity contribution in [1.29, 1.82) is 0 Å². The van der Waals surface area contributed by atoms with E-state index in [1.54, 1.807) is 55.0 Å². The average Bonchev–Trinajstić information content (AvgIpc) is 3.49. The molecule has 86 heavy (non-hydrogen) atoms. The number of rotatable bonds is 14. The molecule has 0 radical (unpaired) electrons. The minimum Gasteiger partial charge on any atom is -0.493 e. The SMILES string of the molecule is CCOc1ccccc1C(=O)N1CCC[C@@H](Nc2ccc(Br)cn2)[C@@H]1C.CCOc1ccccc1C(=O)N1CCC[C@@H](Nc2nc3cc(Cl)ccc3o2)[C@@H]1C.C[C@H]1[C@H](Nc2nc3cc(Cl)ccc3o2)CCCN1C(=O)c1ccccc1-n1nccn1. The second-order valence-corrected chi connectivity index (χ2v) is 23.0. The Kier molecular flexibility index (Phi) is 20.1. The lowest BCUT2D eigenvalue weighted by atomic mass is 9.96. The molecule has 3 amide bonds. The molecule has 5 aromatic carbocycles. The van der Waals surface area contributed by atoms with Crippen LogP contribution in [0.3, 0.4) is 0 Å². The Morgan fingerprint density at radius 3 is 1.45 bits per heavy atom. The molecule has 3 fully saturated rings. The van der Waals surface area contributed by atoms with Crippen LogP contribution < -0.4 is 25.4 Å². The number of nitrogens with zero attached hydrogens (tertiary/aromatic N) is 9. The van der Waals surface area contributed by atoms with E-state index in [9.17, 15) is 14.4 Å². The number of pyridine rings is 1. The number of hydrogen-bond donors (Lipinski definition) is 3. The highest BCUT2D eigenvalue weighted by Gasteiger charge is 2.36. The van der Waals surface area contributed by atoms with E-state index in [-0.39, 0.29) is 54.0 Å². The van der Waals surface area contributed by atoms with Crippen LogP contribution in [0.25, 0.3) is 27.9 Å². The Labute approximate surface area is 517 Å². The van der Waals surface area contributed by atoms with E-state index in [0.29, 0.717) is 104 Å². The summed E-state index contributed by atoms with van der Waals surface area (Å²) in [7, 11) is 0. The zero-order valence-electron chi connectivity index (χ0n) is 48.5. The summed E-state index contributed by atoms with van der Waals surface area (Å²) >= 11 is 15.5. The predicted molar refractivity (Wildman–Crippen MR) is 338 cm³/mol. The average molecular weight is 1270 g/mol. The molecule has 22 heteroatoms. The van der Waals surface area contributed by atoms with Gasteiger partial charge >= 0.3 is 0 Å². The number of amides is 3. The number of halogens is 3. The van der Waals surface area contributed by atoms with Crippen LogP contribution in [0.4, 0.5) is 17.8 Å². The number of para-hydroxylation sites is 3. The van der Waals surface area contributed by atoms with Crippen molar-refractivity contribution in [1.82, 2.24) is 44.6 Å². The lowest BCUT2D eigenvalue weighted by Gasteiger charge is -2.40. The monoisotopic (exact) mass is 1270 g/mol. The summed E-state index contributed by atoms with van der Waals surface area (Å²) in [6.07, 6.45) is 10.5. The summed E-state index contributed by atoms with van der Waals surface area (Å²) in [5, 5.41) is 19.8. The Balaban J connectivity index is 0.000000144. The molecule has 4 aromatic heterocycles. The highest BCUT2D eigenvalue weighted by Crippen LogP contribution is 2.32. The maximum Gasteiger partial charge on any atom is 0.295 e. The first-order valence-corrected chi connectivity index (χ1v) is 30.7. The first-order chi connectivity index (χ1) is 41.8. The molecule has 0 unspecified atom stereocenters. The minimum atomic E-state index is -0.0570. The molecule has 448 valence electrons. The zero-order valence-corrected chi connectivity index (χ0v) is 51.6. The number of hydrogen-bond acceptors (Lipinski definition) is 15. The van der Waals surface area contributed by atoms with Gasteiger partial charge in [0.1, 0.15) is 28.4 Å². The van der Waals surface area contributed by atoms with E-state index in [4.69, 9.17) is 41.5 Å². The van der Waals surface area contributed by atoms with Crippen LogP contribution in [-0.2, 0) is 0 Å². The van der Waals surface area contributed by atoms with Crippen molar-refractivity contribution in [2.24, 2.45) is 0 Å². The summed E-state index contributed by atoms with van der Waals surface area (Å²) in [5.74, 6) is 2.06. The number of aromatic nitrogens is 6. The van der Waals surface area contributed by atoms with Gasteiger partial charge in [-0.3, -0.25) is 14.4 Å². The summed E-state index contributed by atoms with van der Waals surface area (Å²) in [6, 6.07) is 38.0. The predicted octanol–water partition coefficient (Wildman–Crippen LogP) is 13.5. The van der Waals surface area contributed by atoms with Gasteiger partial charge < -0.3 is 49.0 Å². The maximum atomic E-state index is 13.5. The fourth-order valence-electron chi connectivity index (χ4n) is 11.2. The Hall–Kier alpha value is -8.20. The van der Waals surface area contributed by atoms with Gasteiger partial charge in [0.2, 0.25) is 0 Å². The molecule has 3 N–H and O–H groups in total. The highest BCUT2D eigenvalue weighted by atomic mass is 79.9. The highest BCUT2D eigenvalue weighted by molar-refractivity contribution is 9.10. The van der Waals surface area contributed by atoms with Gasteiger partial charge in [0.15, 0.2) is 11.2 Å². The molecule has 0 bridgehead atoms. The van der Waals surface area contributed by atoms with E-state index < -0.39 is 0 Å². The molecular weight excluding hydrogens is 1200 g/mol. The summed E-state index contributed by atoms with van der Waals surface area (Å²) in [5.41, 5.74) is 5.22. The lowest BCUT2D eigenvalue weighted by molar-refractivity contribution is 0.0604. The number of benzene rings is 5. The number of carbonyl (C=O) groups is 3. The number of ether oxygens (including phenoxy) is 2. The molecule has 0 aliphatic carbocycles. The Morgan fingerprint density at radius 1 is 0.570 bits per heavy atom. The molecule has 6 atom stereocenters. The van der Waals surface area contributed by atoms with Crippen molar-refractivity contribution in [3.8, 4) is 17.2 Å². The van der Waals surface area contributed by atoms with Crippen LogP contribution in [0.2, 0.25) is 10.0 Å². The molecular formula is C64H69BrCl2N12O7. The van der Waals surface area contributed by atoms with Gasteiger partial charge in [0.25, 0.3) is 29.8 Å². The first kappa shape index (κ1) is 60.9. The Morgan fingerprint density at radius 2 is 1.00 bits per heavy atom. The van der Waals surface area contributed by atoms with Crippen LogP contribution in [0.15, 0.2) is 153 Å². The molecule has 19 nitrogen and oxygen atoms in total. The van der Waals surface area contributed by atoms with E-state index in [1.165, 1.54) is 4.80 Å². The molecule has 9 aromatic rings. The van der Waals surface area contributed by atoms with Crippen LogP contribution in [0.5, 0.6) is 11.5 Å². The van der Waals surface area contributed by atoms with Crippen molar-refractivity contribution in [3.05, 3.63) is 171 Å². The fourth-order valence-corrected chi connectivity index (χ4v) is 11.8. The molecule has 3 saturated heterocycles. The van der Waals surface area contributed by atoms with Gasteiger partial charge in [-0.1, -0.05) is 59.6 Å². The number of piperidine rings is 3. The van der Waals surface area contributed by atoms with Crippen molar-refractivity contribution in [3.63, 3.8) is 0 Å². The summed E-state index contributed by atoms with van der Waals surface area (Å²) in [4.78, 5) is 60.4. The van der Waals surface area contributed by atoms with Crippen LogP contribution in [0.1, 0.15) is 104 Å². The maximum absolute atomic E-state index is 13.5. The number of fused-ring (bicyclic) bond motifs is 2. The molecule has 0 spiro atoms. The number of carbonyl (C=O) groups excluding carboxylic acids is 3. The van der Waals surface area contributed by atoms with Crippen molar-refractivity contribution in [2.75, 3.05) is 48.8 Å². The fraction of sp³-hybridized carbons (Fsp3) is 0.344. The normalized spacial score (nSPS) is 19.4. The second kappa shape index (κ2) is 28.3. The van der Waals surface area contributed by atoms with Gasteiger partial charge in [-0.25, -0.2) is 4.98 Å². The zero-order chi connectivity index (χ0) is 60.3. The third kappa shape index (κ3) is 14.4. The Bertz CT molecular complexity index is 3750. The van der Waals surface area contributed by atoms with Gasteiger partial charge in [-0.15, -0.1) is 0 Å². The number of oxazole rings is 2. The molecule has 3 aliphatic heterocycles. The molecule has 3 aliphatic rings. The van der Waals surface area contributed by atoms with Crippen molar-refractivity contribution >= 4 is 96.9 Å². The van der Waals surface area contributed by atoms with Gasteiger partial charge in [0.05, 0.1) is 60.1 Å². The van der Waals surface area contributed by atoms with E-state index in [0.717, 1.165) is 55.4 Å². The van der Waals surface area contributed by atoms with Crippen LogP contribution in [0, 0.1) is 0 Å². The topological polar surface area (TPSA) is 211 Å². The second-order valence-electron chi connectivity index (χ2n) is 21.2. The number of nitrogens with one attached hydrogen (secondary N) is 3. The molecule has 12 rings (SSSR count). The quantitative estimate of drug-likeness (QED) is 0.0924. The largest absolute Gasteiger partial charge is 0.493 e. The summed E-state index contributed by atoms with van der Waals surface area (Å²) < 4.78 is 23.9. The van der Waals surface area contributed by atoms with Crippen LogP contribution >= 0.6 is 39.1 Å². The van der Waals surface area contributed by atoms with Crippen LogP contribution in [-0.4, -0.2) is 131 Å². The molecule has 0 saturated carbocycles. The first-order valence-electron chi connectivity index (χ1n) is 29.1. The van der Waals surface area contributed by atoms with E-state index in [1.807, 2.05) is 120 Å². The van der Waals surface area contributed by atoms with E-state index in [2.05, 4.69) is 70.9 Å². The van der Waals surface area contributed by atoms with Crippen molar-refractivity contribution in [2.45, 2.75) is 109 Å². The van der Waals surface area contributed by atoms with Gasteiger partial charge in [-0.2, -0.15) is 25.0 Å². The van der Waals surface area contributed by atoms with Crippen molar-refractivity contribution < 1.29 is 32.7 Å². The molecule has 7 heterocycles. The standard InChI is InChI=1S/C22H21ClN6O2.C22H24ClN3O3.C20H24BrN3O2/c1-14-17(26-22-27-18-13-15(23)8-9-20(18)31-22)6-4-12-28(14)21(30)16-5-2-3-7-19(16)29-24-10-11-25-29;1-3-28-19-9-5-4-7-16(19)21(27)26-12-6-8-17(14(26)2)24-22-25-18-13-15(23)10-11-20(18)29-22;1-3-26-18-9-5-4-7-16(18)20(25)24-12-6-8-17(14(24)2)23-19-11-10-15(21)13-22-19/h2-3,5,7-11,13-14,17H,4,6,12H2,1H3,(H,26,27);4-5,7,9-11,13-14,17H,3,6,8,12H2,1-2H3,(H,24,25);4-5,7,9-11,13-14,17H,3,6,8,12H2,1-2H3,(H,22,23)/t3*14-,17+/m000/s1. The smallest absolute Gasteiger partial charge is 0.295 e. The lowest BCUT2D eigenvalue weighted by Crippen LogP contribution is -2.52. The number of likely N-dealkylation sites (tertiary alicyclic amines) is 3. The summed E-state index contributed by atoms with van der Waals surface area (Å²) in [6.45, 7) is 13.2. The minimum absolute atomic E-state index is 0.0104. The number of anilines is 3. The third-order valence-electron chi connectivity index (χ3n) is 15.7. The third-order valence-corrected chi connectivity index (χ3v) is 16.7.